The van der Waals surface area contributed by atoms with Gasteiger partial charge in [-0.3, -0.25) is 0 Å². The van der Waals surface area contributed by atoms with Crippen molar-refractivity contribution in [3.05, 3.63) is 0 Å². The van der Waals surface area contributed by atoms with Gasteiger partial charge in [-0.2, -0.15) is 0 Å². The van der Waals surface area contributed by atoms with Crippen LogP contribution in [0.25, 0.3) is 0 Å². The van der Waals surface area contributed by atoms with Crippen molar-refractivity contribution in [1.82, 2.24) is 9.80 Å². The fraction of sp³-hybridized carbons (Fsp3) is 0.923. The molecule has 0 bridgehead atoms. The van der Waals surface area contributed by atoms with Crippen LogP contribution in [0.2, 0.25) is 0 Å². The van der Waals surface area contributed by atoms with E-state index in [1.165, 1.54) is 0 Å². The molecule has 0 spiro atoms. The number of hydrogen-bond donors (Lipinski definition) is 1. The normalized spacial score (nSPS) is 28.3. The number of nitrogens with zero attached hydrogens (tertiary/aromatic N) is 2. The van der Waals surface area contributed by atoms with Crippen molar-refractivity contribution in [3.8, 4) is 0 Å². The Morgan fingerprint density at radius 3 is 2.56 bits per heavy atom. The lowest BCUT2D eigenvalue weighted by molar-refractivity contribution is -0.0292. The van der Waals surface area contributed by atoms with E-state index in [0.29, 0.717) is 19.7 Å². The highest BCUT2D eigenvalue weighted by molar-refractivity contribution is 5.74. The van der Waals surface area contributed by atoms with E-state index in [1.54, 1.807) is 0 Å². The van der Waals surface area contributed by atoms with Crippen molar-refractivity contribution in [3.63, 3.8) is 0 Å². The molecule has 2 atom stereocenters. The van der Waals surface area contributed by atoms with Crippen LogP contribution in [0.1, 0.15) is 26.7 Å². The molecule has 2 aliphatic heterocycles. The van der Waals surface area contributed by atoms with Crippen LogP contribution in [0.5, 0.6) is 0 Å². The van der Waals surface area contributed by atoms with Gasteiger partial charge in [0.25, 0.3) is 0 Å². The topological polar surface area (TPSA) is 58.8 Å². The molecule has 2 fully saturated rings. The van der Waals surface area contributed by atoms with Crippen LogP contribution in [0.15, 0.2) is 0 Å². The van der Waals surface area contributed by atoms with Gasteiger partial charge in [0.1, 0.15) is 0 Å². The Kier molecular flexibility index (Phi) is 4.45. The Bertz CT molecular complexity index is 288. The van der Waals surface area contributed by atoms with Crippen molar-refractivity contribution in [2.45, 2.75) is 38.8 Å². The third-order valence-corrected chi connectivity index (χ3v) is 4.00. The van der Waals surface area contributed by atoms with E-state index < -0.39 is 0 Å². The van der Waals surface area contributed by atoms with Crippen LogP contribution in [-0.4, -0.2) is 60.8 Å². The van der Waals surface area contributed by atoms with E-state index in [0.717, 1.165) is 31.8 Å². The van der Waals surface area contributed by atoms with E-state index >= 15 is 0 Å². The molecular weight excluding hydrogens is 230 g/mol. The first-order valence-electron chi connectivity index (χ1n) is 6.99. The minimum atomic E-state index is -0.0259. The van der Waals surface area contributed by atoms with E-state index in [9.17, 15) is 4.79 Å². The van der Waals surface area contributed by atoms with Crippen LogP contribution >= 0.6 is 0 Å². The summed E-state index contributed by atoms with van der Waals surface area (Å²) in [6.45, 7) is 7.88. The van der Waals surface area contributed by atoms with Crippen molar-refractivity contribution in [2.24, 2.45) is 11.7 Å². The molecular formula is C13H25N3O2. The van der Waals surface area contributed by atoms with Crippen molar-refractivity contribution >= 4 is 6.03 Å². The van der Waals surface area contributed by atoms with Gasteiger partial charge < -0.3 is 20.3 Å². The summed E-state index contributed by atoms with van der Waals surface area (Å²) in [7, 11) is 0. The van der Waals surface area contributed by atoms with Gasteiger partial charge in [0.15, 0.2) is 0 Å². The molecule has 0 aliphatic carbocycles. The summed E-state index contributed by atoms with van der Waals surface area (Å²) in [6, 6.07) is 0.137. The van der Waals surface area contributed by atoms with Gasteiger partial charge in [0, 0.05) is 25.7 Å². The first-order valence-corrected chi connectivity index (χ1v) is 6.99. The molecule has 0 aromatic rings. The van der Waals surface area contributed by atoms with Crippen LogP contribution in [0.3, 0.4) is 0 Å². The van der Waals surface area contributed by atoms with Crippen LogP contribution in [0, 0.1) is 5.92 Å². The number of hydrogen-bond acceptors (Lipinski definition) is 3. The molecule has 2 N–H and O–H groups in total. The maximum Gasteiger partial charge on any atom is 0.320 e. The second-order valence-electron chi connectivity index (χ2n) is 5.67. The Hall–Kier alpha value is -0.810. The molecule has 2 amide bonds. The first-order chi connectivity index (χ1) is 8.58. The lowest BCUT2D eigenvalue weighted by atomic mass is 9.99. The monoisotopic (exact) mass is 255 g/mol. The average molecular weight is 255 g/mol. The van der Waals surface area contributed by atoms with Crippen molar-refractivity contribution < 1.29 is 9.53 Å². The third-order valence-electron chi connectivity index (χ3n) is 4.00. The Morgan fingerprint density at radius 1 is 1.28 bits per heavy atom. The predicted octanol–water partition coefficient (Wildman–Crippen LogP) is 0.886. The second kappa shape index (κ2) is 5.89. The maximum absolute atomic E-state index is 12.4. The number of rotatable bonds is 1. The Morgan fingerprint density at radius 2 is 1.94 bits per heavy atom. The van der Waals surface area contributed by atoms with E-state index in [-0.39, 0.29) is 18.2 Å². The number of likely N-dealkylation sites (tertiary alicyclic amines) is 1. The molecule has 18 heavy (non-hydrogen) atoms. The largest absolute Gasteiger partial charge is 0.373 e. The minimum absolute atomic E-state index is 0.0218. The Balaban J connectivity index is 1.88. The molecule has 5 nitrogen and oxygen atoms in total. The van der Waals surface area contributed by atoms with Gasteiger partial charge >= 0.3 is 6.03 Å². The summed E-state index contributed by atoms with van der Waals surface area (Å²) in [5.74, 6) is 0.746. The third kappa shape index (κ3) is 3.14. The maximum atomic E-state index is 12.4. The number of urea groups is 1. The lowest BCUT2D eigenvalue weighted by Gasteiger charge is -2.39. The molecule has 104 valence electrons. The van der Waals surface area contributed by atoms with E-state index in [1.807, 2.05) is 16.7 Å². The average Bonchev–Trinajstić information content (AvgIpc) is 2.39. The summed E-state index contributed by atoms with van der Waals surface area (Å²) >= 11 is 0. The van der Waals surface area contributed by atoms with E-state index in [2.05, 4.69) is 6.92 Å². The molecule has 5 heteroatoms. The molecule has 0 aromatic carbocycles. The number of piperidine rings is 1. The van der Waals surface area contributed by atoms with Gasteiger partial charge in [0.05, 0.1) is 19.3 Å². The highest BCUT2D eigenvalue weighted by atomic mass is 16.5. The summed E-state index contributed by atoms with van der Waals surface area (Å²) in [4.78, 5) is 16.3. The SMILES string of the molecule is CC1CCN(C(=O)N2CCOC(C(C)N)C2)CC1. The second-order valence-corrected chi connectivity index (χ2v) is 5.67. The standard InChI is InChI=1S/C13H25N3O2/c1-10-3-5-15(6-4-10)13(17)16-7-8-18-12(9-16)11(2)14/h10-12H,3-9,14H2,1-2H3. The van der Waals surface area contributed by atoms with Crippen LogP contribution < -0.4 is 5.73 Å². The van der Waals surface area contributed by atoms with Crippen LogP contribution in [0.4, 0.5) is 4.79 Å². The summed E-state index contributed by atoms with van der Waals surface area (Å²) in [5.41, 5.74) is 5.85. The van der Waals surface area contributed by atoms with Gasteiger partial charge in [-0.05, 0) is 25.7 Å². The van der Waals surface area contributed by atoms with Crippen LogP contribution in [-0.2, 0) is 4.74 Å². The minimum Gasteiger partial charge on any atom is -0.373 e. The smallest absolute Gasteiger partial charge is 0.320 e. The zero-order chi connectivity index (χ0) is 13.1. The molecule has 2 rings (SSSR count). The number of morpholine rings is 1. The van der Waals surface area contributed by atoms with Gasteiger partial charge in [-0.1, -0.05) is 6.92 Å². The van der Waals surface area contributed by atoms with Gasteiger partial charge in [0.2, 0.25) is 0 Å². The first kappa shape index (κ1) is 13.6. The molecule has 2 unspecified atom stereocenters. The quantitative estimate of drug-likeness (QED) is 0.757. The van der Waals surface area contributed by atoms with Gasteiger partial charge in [-0.15, -0.1) is 0 Å². The summed E-state index contributed by atoms with van der Waals surface area (Å²) in [5, 5.41) is 0. The molecule has 2 heterocycles. The fourth-order valence-corrected chi connectivity index (χ4v) is 2.57. The number of nitrogens with two attached hydrogens (primary N) is 1. The number of carbonyl (C=O) groups is 1. The van der Waals surface area contributed by atoms with Gasteiger partial charge in [-0.25, -0.2) is 4.79 Å². The fourth-order valence-electron chi connectivity index (χ4n) is 2.57. The molecule has 2 saturated heterocycles. The van der Waals surface area contributed by atoms with Crippen molar-refractivity contribution in [1.29, 1.82) is 0 Å². The van der Waals surface area contributed by atoms with Crippen molar-refractivity contribution in [2.75, 3.05) is 32.8 Å². The molecule has 0 saturated carbocycles. The zero-order valence-electron chi connectivity index (χ0n) is 11.5. The molecule has 0 aromatic heterocycles. The molecule has 2 aliphatic rings. The number of ether oxygens (including phenoxy) is 1. The highest BCUT2D eigenvalue weighted by Crippen LogP contribution is 2.18. The number of carbonyl (C=O) groups excluding carboxylic acids is 1. The number of amides is 2. The Labute approximate surface area is 109 Å². The highest BCUT2D eigenvalue weighted by Gasteiger charge is 2.30. The predicted molar refractivity (Wildman–Crippen MR) is 70.3 cm³/mol. The summed E-state index contributed by atoms with van der Waals surface area (Å²) in [6.07, 6.45) is 2.21. The molecule has 0 radical (unpaired) electrons. The summed E-state index contributed by atoms with van der Waals surface area (Å²) < 4.78 is 5.59. The van der Waals surface area contributed by atoms with E-state index in [4.69, 9.17) is 10.5 Å². The zero-order valence-corrected chi connectivity index (χ0v) is 11.5. The lowest BCUT2D eigenvalue weighted by Crippen LogP contribution is -2.55.